The van der Waals surface area contributed by atoms with Crippen LogP contribution >= 0.6 is 0 Å². The Hall–Kier alpha value is -3.20. The van der Waals surface area contributed by atoms with Gasteiger partial charge < -0.3 is 24.4 Å². The van der Waals surface area contributed by atoms with Crippen LogP contribution in [-0.4, -0.2) is 66.3 Å². The fraction of sp³-hybridized carbons (Fsp3) is 0.556. The van der Waals surface area contributed by atoms with Crippen molar-refractivity contribution in [1.82, 2.24) is 24.4 Å². The van der Waals surface area contributed by atoms with Gasteiger partial charge in [-0.3, -0.25) is 4.79 Å². The van der Waals surface area contributed by atoms with Crippen molar-refractivity contribution in [3.05, 3.63) is 42.1 Å². The summed E-state index contributed by atoms with van der Waals surface area (Å²) in [4.78, 5) is 29.0. The molecule has 2 N–H and O–H groups in total. The molecular formula is C27H35N5O4. The standard InChI is InChI=1S/C27H35N5O4/c1-2-3-17-36-23-22(26(35)31(15-16-33)20-8-9-20)29-21(30-25(23)34)18-27(11-4-5-12-27)32-14-10-19-7-6-13-28-24(19)32/h6-7,10,13-14,20,33H,2-5,8-9,11-12,15-18H2,1H3,(H,29,30,34). The molecule has 0 aliphatic heterocycles. The molecule has 0 saturated heterocycles. The molecule has 5 rings (SSSR count). The summed E-state index contributed by atoms with van der Waals surface area (Å²) >= 11 is 0. The molecule has 0 radical (unpaired) electrons. The van der Waals surface area contributed by atoms with E-state index >= 15 is 0 Å². The van der Waals surface area contributed by atoms with Crippen LogP contribution < -0.4 is 4.74 Å². The van der Waals surface area contributed by atoms with Crippen molar-refractivity contribution in [3.63, 3.8) is 0 Å². The normalized spacial score (nSPS) is 16.9. The Labute approximate surface area is 211 Å². The lowest BCUT2D eigenvalue weighted by Gasteiger charge is -2.31. The maximum absolute atomic E-state index is 13.6. The summed E-state index contributed by atoms with van der Waals surface area (Å²) in [7, 11) is 0. The third kappa shape index (κ3) is 4.76. The second-order valence-electron chi connectivity index (χ2n) is 10.0. The number of hydrogen-bond acceptors (Lipinski definition) is 7. The van der Waals surface area contributed by atoms with Gasteiger partial charge >= 0.3 is 0 Å². The minimum Gasteiger partial charge on any atom is -0.491 e. The average molecular weight is 494 g/mol. The third-order valence-corrected chi connectivity index (χ3v) is 7.41. The number of carbonyl (C=O) groups is 1. The van der Waals surface area contributed by atoms with E-state index in [1.807, 2.05) is 13.0 Å². The summed E-state index contributed by atoms with van der Waals surface area (Å²) in [6.07, 6.45) is 11.9. The molecule has 0 aromatic carbocycles. The van der Waals surface area contributed by atoms with Crippen molar-refractivity contribution in [3.8, 4) is 11.6 Å². The van der Waals surface area contributed by atoms with Gasteiger partial charge in [-0.1, -0.05) is 26.2 Å². The molecule has 192 valence electrons. The van der Waals surface area contributed by atoms with Gasteiger partial charge in [0.15, 0.2) is 5.69 Å². The van der Waals surface area contributed by atoms with Gasteiger partial charge in [0.2, 0.25) is 5.75 Å². The number of hydrogen-bond donors (Lipinski definition) is 2. The van der Waals surface area contributed by atoms with Gasteiger partial charge in [-0.15, -0.1) is 0 Å². The van der Waals surface area contributed by atoms with Gasteiger partial charge in [0.1, 0.15) is 11.5 Å². The number of pyridine rings is 1. The lowest BCUT2D eigenvalue weighted by atomic mass is 9.92. The molecule has 3 heterocycles. The molecule has 3 aromatic heterocycles. The van der Waals surface area contributed by atoms with Crippen molar-refractivity contribution in [2.75, 3.05) is 19.8 Å². The summed E-state index contributed by atoms with van der Waals surface area (Å²) in [5.41, 5.74) is 0.717. The lowest BCUT2D eigenvalue weighted by molar-refractivity contribution is 0.0694. The number of aromatic hydroxyl groups is 1. The molecule has 9 nitrogen and oxygen atoms in total. The molecule has 3 aromatic rings. The molecule has 36 heavy (non-hydrogen) atoms. The van der Waals surface area contributed by atoms with Crippen LogP contribution in [0, 0.1) is 0 Å². The Morgan fingerprint density at radius 3 is 2.78 bits per heavy atom. The second-order valence-corrected chi connectivity index (χ2v) is 10.0. The Morgan fingerprint density at radius 1 is 1.25 bits per heavy atom. The van der Waals surface area contributed by atoms with Crippen LogP contribution in [0.2, 0.25) is 0 Å². The van der Waals surface area contributed by atoms with Crippen molar-refractivity contribution in [2.24, 2.45) is 0 Å². The Kier molecular flexibility index (Phi) is 7.09. The number of amides is 1. The number of unbranched alkanes of at least 4 members (excludes halogenated alkanes) is 1. The van der Waals surface area contributed by atoms with E-state index < -0.39 is 0 Å². The predicted octanol–water partition coefficient (Wildman–Crippen LogP) is 3.82. The van der Waals surface area contributed by atoms with Crippen molar-refractivity contribution in [1.29, 1.82) is 0 Å². The van der Waals surface area contributed by atoms with Gasteiger partial charge in [0, 0.05) is 36.8 Å². The van der Waals surface area contributed by atoms with E-state index in [9.17, 15) is 15.0 Å². The zero-order valence-electron chi connectivity index (χ0n) is 20.9. The van der Waals surface area contributed by atoms with Gasteiger partial charge in [0.25, 0.3) is 11.8 Å². The molecule has 0 bridgehead atoms. The number of fused-ring (bicyclic) bond motifs is 1. The van der Waals surface area contributed by atoms with Gasteiger partial charge in [-0.05, 0) is 50.3 Å². The molecule has 2 fully saturated rings. The molecule has 0 unspecified atom stereocenters. The molecule has 2 saturated carbocycles. The summed E-state index contributed by atoms with van der Waals surface area (Å²) in [6, 6.07) is 6.15. The Morgan fingerprint density at radius 2 is 2.06 bits per heavy atom. The predicted molar refractivity (Wildman–Crippen MR) is 135 cm³/mol. The van der Waals surface area contributed by atoms with E-state index in [1.54, 1.807) is 11.1 Å². The first-order valence-corrected chi connectivity index (χ1v) is 13.1. The van der Waals surface area contributed by atoms with E-state index in [0.717, 1.165) is 62.4 Å². The lowest BCUT2D eigenvalue weighted by Crippen LogP contribution is -2.37. The summed E-state index contributed by atoms with van der Waals surface area (Å²) in [5.74, 6) is -0.180. The van der Waals surface area contributed by atoms with Crippen LogP contribution in [0.1, 0.15) is 74.6 Å². The van der Waals surface area contributed by atoms with E-state index in [2.05, 4.69) is 32.9 Å². The maximum atomic E-state index is 13.6. The molecule has 9 heteroatoms. The largest absolute Gasteiger partial charge is 0.491 e. The van der Waals surface area contributed by atoms with E-state index in [-0.39, 0.29) is 48.0 Å². The van der Waals surface area contributed by atoms with Crippen molar-refractivity contribution < 1.29 is 19.7 Å². The van der Waals surface area contributed by atoms with Crippen molar-refractivity contribution >= 4 is 16.9 Å². The number of ether oxygens (including phenoxy) is 1. The molecule has 0 spiro atoms. The minimum absolute atomic E-state index is 0.0364. The maximum Gasteiger partial charge on any atom is 0.276 e. The highest BCUT2D eigenvalue weighted by Gasteiger charge is 2.40. The molecule has 1 amide bonds. The van der Waals surface area contributed by atoms with Crippen LogP contribution in [0.4, 0.5) is 0 Å². The first kappa shape index (κ1) is 24.5. The molecule has 2 aliphatic rings. The monoisotopic (exact) mass is 493 g/mol. The fourth-order valence-electron chi connectivity index (χ4n) is 5.42. The first-order valence-electron chi connectivity index (χ1n) is 13.1. The number of aliphatic hydroxyl groups excluding tert-OH is 1. The SMILES string of the molecule is CCCCOc1c(O)nc(CC2(n3ccc4cccnc43)CCCC2)nc1C(=O)N(CCO)C1CC1. The quantitative estimate of drug-likeness (QED) is 0.390. The van der Waals surface area contributed by atoms with Gasteiger partial charge in [-0.2, -0.15) is 4.98 Å². The highest BCUT2D eigenvalue weighted by atomic mass is 16.5. The minimum atomic E-state index is -0.328. The van der Waals surface area contributed by atoms with Crippen LogP contribution in [-0.2, 0) is 12.0 Å². The Balaban J connectivity index is 1.53. The number of aromatic nitrogens is 4. The molecular weight excluding hydrogens is 458 g/mol. The number of rotatable bonds is 11. The second kappa shape index (κ2) is 10.4. The van der Waals surface area contributed by atoms with Crippen LogP contribution in [0.5, 0.6) is 11.6 Å². The number of aliphatic hydroxyl groups is 1. The Bertz CT molecular complexity index is 1220. The molecule has 2 aliphatic carbocycles. The van der Waals surface area contributed by atoms with E-state index in [0.29, 0.717) is 18.9 Å². The van der Waals surface area contributed by atoms with E-state index in [4.69, 9.17) is 9.72 Å². The zero-order chi connectivity index (χ0) is 25.1. The zero-order valence-corrected chi connectivity index (χ0v) is 20.9. The van der Waals surface area contributed by atoms with Crippen LogP contribution in [0.3, 0.4) is 0 Å². The summed E-state index contributed by atoms with van der Waals surface area (Å²) < 4.78 is 8.07. The van der Waals surface area contributed by atoms with Crippen LogP contribution in [0.15, 0.2) is 30.6 Å². The first-order chi connectivity index (χ1) is 17.6. The van der Waals surface area contributed by atoms with Crippen LogP contribution in [0.25, 0.3) is 11.0 Å². The number of nitrogens with zero attached hydrogens (tertiary/aromatic N) is 5. The molecule has 0 atom stereocenters. The average Bonchev–Trinajstić information content (AvgIpc) is 3.44. The highest BCUT2D eigenvalue weighted by molar-refractivity contribution is 5.96. The summed E-state index contributed by atoms with van der Waals surface area (Å²) in [6.45, 7) is 2.51. The summed E-state index contributed by atoms with van der Waals surface area (Å²) in [5, 5.41) is 21.6. The van der Waals surface area contributed by atoms with E-state index in [1.165, 1.54) is 0 Å². The van der Waals surface area contributed by atoms with Crippen molar-refractivity contribution in [2.45, 2.75) is 76.3 Å². The van der Waals surface area contributed by atoms with Gasteiger partial charge in [-0.25, -0.2) is 9.97 Å². The highest BCUT2D eigenvalue weighted by Crippen LogP contribution is 2.42. The van der Waals surface area contributed by atoms with Gasteiger partial charge in [0.05, 0.1) is 18.8 Å². The number of carbonyl (C=O) groups excluding carboxylic acids is 1. The smallest absolute Gasteiger partial charge is 0.276 e. The third-order valence-electron chi connectivity index (χ3n) is 7.41. The topological polar surface area (TPSA) is 114 Å². The fourth-order valence-corrected chi connectivity index (χ4v) is 5.42.